The Kier molecular flexibility index (Phi) is 6.73. The molecule has 1 aliphatic heterocycles. The van der Waals surface area contributed by atoms with Gasteiger partial charge in [0, 0.05) is 17.2 Å². The number of carboxylic acids is 1. The molecule has 158 valence electrons. The number of hydrogen-bond acceptors (Lipinski definition) is 3. The lowest BCUT2D eigenvalue weighted by Crippen LogP contribution is -2.43. The van der Waals surface area contributed by atoms with Crippen LogP contribution in [0.1, 0.15) is 23.5 Å². The van der Waals surface area contributed by atoms with Crippen molar-refractivity contribution in [1.29, 1.82) is 0 Å². The van der Waals surface area contributed by atoms with Crippen LogP contribution >= 0.6 is 11.8 Å². The minimum Gasteiger partial charge on any atom is -0.480 e. The highest BCUT2D eigenvalue weighted by Gasteiger charge is 2.42. The second-order valence-corrected chi connectivity index (χ2v) is 8.92. The lowest BCUT2D eigenvalue weighted by atomic mass is 9.90. The van der Waals surface area contributed by atoms with Crippen LogP contribution in [0.2, 0.25) is 0 Å². The molecule has 4 nitrogen and oxygen atoms in total. The van der Waals surface area contributed by atoms with Gasteiger partial charge in [-0.05, 0) is 35.6 Å². The predicted octanol–water partition coefficient (Wildman–Crippen LogP) is 4.91. The highest BCUT2D eigenvalue weighted by atomic mass is 32.2. The summed E-state index contributed by atoms with van der Waals surface area (Å²) in [6.45, 7) is 0.464. The number of carbonyl (C=O) groups excluding carboxylic acids is 1. The Morgan fingerprint density at radius 2 is 1.39 bits per heavy atom. The monoisotopic (exact) mass is 431 g/mol. The maximum atomic E-state index is 13.7. The largest absolute Gasteiger partial charge is 0.480 e. The zero-order chi connectivity index (χ0) is 21.6. The van der Waals surface area contributed by atoms with Gasteiger partial charge in [0.1, 0.15) is 6.04 Å². The number of nitrogens with zero attached hydrogens (tertiary/aromatic N) is 1. The quantitative estimate of drug-likeness (QED) is 0.540. The van der Waals surface area contributed by atoms with Gasteiger partial charge >= 0.3 is 5.97 Å². The predicted molar refractivity (Wildman–Crippen MR) is 123 cm³/mol. The van der Waals surface area contributed by atoms with Gasteiger partial charge < -0.3 is 10.0 Å². The molecule has 4 rings (SSSR count). The molecule has 1 amide bonds. The SMILES string of the molecule is O=C(O)C1CC(CSc2ccccc2)CN1C(=O)C(c1ccccc1)c1ccccc1. The van der Waals surface area contributed by atoms with Crippen molar-refractivity contribution in [3.05, 3.63) is 102 Å². The van der Waals surface area contributed by atoms with Gasteiger partial charge in [0.15, 0.2) is 0 Å². The highest BCUT2D eigenvalue weighted by molar-refractivity contribution is 7.99. The highest BCUT2D eigenvalue weighted by Crippen LogP contribution is 2.34. The summed E-state index contributed by atoms with van der Waals surface area (Å²) in [4.78, 5) is 28.5. The fourth-order valence-corrected chi connectivity index (χ4v) is 5.21. The summed E-state index contributed by atoms with van der Waals surface area (Å²) >= 11 is 1.72. The van der Waals surface area contributed by atoms with E-state index in [2.05, 4.69) is 12.1 Å². The Morgan fingerprint density at radius 3 is 1.90 bits per heavy atom. The Bertz CT molecular complexity index is 971. The number of amides is 1. The van der Waals surface area contributed by atoms with E-state index < -0.39 is 17.9 Å². The van der Waals surface area contributed by atoms with Crippen molar-refractivity contribution < 1.29 is 14.7 Å². The summed E-state index contributed by atoms with van der Waals surface area (Å²) in [5.74, 6) is -0.650. The standard InChI is InChI=1S/C26H25NO3S/c28-25(24(20-10-4-1-5-11-20)21-12-6-2-7-13-21)27-17-19(16-23(27)26(29)30)18-31-22-14-8-3-9-15-22/h1-15,19,23-24H,16-18H2,(H,29,30). The third-order valence-corrected chi connectivity index (χ3v) is 6.94. The van der Waals surface area contributed by atoms with Crippen molar-refractivity contribution in [2.75, 3.05) is 12.3 Å². The molecule has 2 atom stereocenters. The Balaban J connectivity index is 1.57. The number of thioether (sulfide) groups is 1. The van der Waals surface area contributed by atoms with Gasteiger partial charge in [0.2, 0.25) is 5.91 Å². The van der Waals surface area contributed by atoms with E-state index in [1.165, 1.54) is 0 Å². The van der Waals surface area contributed by atoms with Crippen LogP contribution in [0.25, 0.3) is 0 Å². The van der Waals surface area contributed by atoms with E-state index in [9.17, 15) is 14.7 Å². The molecule has 3 aromatic rings. The smallest absolute Gasteiger partial charge is 0.326 e. The molecule has 0 aliphatic carbocycles. The number of likely N-dealkylation sites (tertiary alicyclic amines) is 1. The minimum atomic E-state index is -0.930. The zero-order valence-electron chi connectivity index (χ0n) is 17.1. The molecule has 31 heavy (non-hydrogen) atoms. The minimum absolute atomic E-state index is 0.141. The van der Waals surface area contributed by atoms with E-state index in [0.29, 0.717) is 13.0 Å². The van der Waals surface area contributed by atoms with E-state index in [1.54, 1.807) is 16.7 Å². The third-order valence-electron chi connectivity index (χ3n) is 5.70. The van der Waals surface area contributed by atoms with Crippen molar-refractivity contribution in [3.8, 4) is 0 Å². The zero-order valence-corrected chi connectivity index (χ0v) is 17.9. The normalized spacial score (nSPS) is 18.3. The van der Waals surface area contributed by atoms with Gasteiger partial charge in [-0.2, -0.15) is 0 Å². The van der Waals surface area contributed by atoms with Crippen molar-refractivity contribution in [2.24, 2.45) is 5.92 Å². The van der Waals surface area contributed by atoms with Gasteiger partial charge in [-0.1, -0.05) is 78.9 Å². The van der Waals surface area contributed by atoms with Crippen molar-refractivity contribution in [3.63, 3.8) is 0 Å². The van der Waals surface area contributed by atoms with Crippen LogP contribution in [0, 0.1) is 5.92 Å². The first-order chi connectivity index (χ1) is 15.1. The summed E-state index contributed by atoms with van der Waals surface area (Å²) in [6, 6.07) is 28.5. The van der Waals surface area contributed by atoms with Gasteiger partial charge in [-0.25, -0.2) is 4.79 Å². The molecule has 5 heteroatoms. The fraction of sp³-hybridized carbons (Fsp3) is 0.231. The molecule has 0 spiro atoms. The van der Waals surface area contributed by atoms with Gasteiger partial charge in [-0.15, -0.1) is 11.8 Å². The van der Waals surface area contributed by atoms with Crippen LogP contribution in [0.15, 0.2) is 95.9 Å². The molecular weight excluding hydrogens is 406 g/mol. The first-order valence-corrected chi connectivity index (χ1v) is 11.4. The number of carbonyl (C=O) groups is 2. The first-order valence-electron chi connectivity index (χ1n) is 10.4. The molecule has 1 saturated heterocycles. The second-order valence-electron chi connectivity index (χ2n) is 7.82. The van der Waals surface area contributed by atoms with Crippen molar-refractivity contribution >= 4 is 23.6 Å². The van der Waals surface area contributed by atoms with Gasteiger partial charge in [0.05, 0.1) is 5.92 Å². The summed E-state index contributed by atoms with van der Waals surface area (Å²) < 4.78 is 0. The number of aliphatic carboxylic acids is 1. The molecule has 1 fully saturated rings. The van der Waals surface area contributed by atoms with Crippen LogP contribution in [0.4, 0.5) is 0 Å². The van der Waals surface area contributed by atoms with Crippen molar-refractivity contribution in [2.45, 2.75) is 23.3 Å². The van der Waals surface area contributed by atoms with Crippen LogP contribution in [-0.2, 0) is 9.59 Å². The number of benzene rings is 3. The average Bonchev–Trinajstić information content (AvgIpc) is 3.25. The van der Waals surface area contributed by atoms with E-state index >= 15 is 0 Å². The van der Waals surface area contributed by atoms with Crippen LogP contribution in [0.3, 0.4) is 0 Å². The summed E-state index contributed by atoms with van der Waals surface area (Å²) in [5, 5.41) is 9.86. The van der Waals surface area contributed by atoms with Crippen molar-refractivity contribution in [1.82, 2.24) is 4.90 Å². The van der Waals surface area contributed by atoms with E-state index in [0.717, 1.165) is 21.8 Å². The Hall–Kier alpha value is -3.05. The van der Waals surface area contributed by atoms with Crippen LogP contribution in [-0.4, -0.2) is 40.2 Å². The molecular formula is C26H25NO3S. The molecule has 0 radical (unpaired) electrons. The number of carboxylic acid groups (broad SMARTS) is 1. The Morgan fingerprint density at radius 1 is 0.871 bits per heavy atom. The lowest BCUT2D eigenvalue weighted by molar-refractivity contribution is -0.148. The maximum absolute atomic E-state index is 13.7. The number of rotatable bonds is 7. The maximum Gasteiger partial charge on any atom is 0.326 e. The molecule has 1 aliphatic rings. The van der Waals surface area contributed by atoms with E-state index in [1.807, 2.05) is 78.9 Å². The first kappa shape index (κ1) is 21.2. The summed E-state index contributed by atoms with van der Waals surface area (Å²) in [7, 11) is 0. The Labute approximate surface area is 186 Å². The van der Waals surface area contributed by atoms with Crippen LogP contribution < -0.4 is 0 Å². The van der Waals surface area contributed by atoms with Crippen LogP contribution in [0.5, 0.6) is 0 Å². The molecule has 1 N–H and O–H groups in total. The average molecular weight is 432 g/mol. The lowest BCUT2D eigenvalue weighted by Gasteiger charge is -2.27. The fourth-order valence-electron chi connectivity index (χ4n) is 4.19. The molecule has 1 heterocycles. The third kappa shape index (κ3) is 5.00. The molecule has 0 aromatic heterocycles. The molecule has 0 saturated carbocycles. The van der Waals surface area contributed by atoms with E-state index in [4.69, 9.17) is 0 Å². The molecule has 2 unspecified atom stereocenters. The molecule has 0 bridgehead atoms. The number of hydrogen-bond donors (Lipinski definition) is 1. The molecule has 3 aromatic carbocycles. The van der Waals surface area contributed by atoms with Gasteiger partial charge in [0.25, 0.3) is 0 Å². The summed E-state index contributed by atoms with van der Waals surface area (Å²) in [5.41, 5.74) is 1.76. The summed E-state index contributed by atoms with van der Waals surface area (Å²) in [6.07, 6.45) is 0.483. The van der Waals surface area contributed by atoms with Gasteiger partial charge in [-0.3, -0.25) is 4.79 Å². The second kappa shape index (κ2) is 9.84. The topological polar surface area (TPSA) is 57.6 Å². The van der Waals surface area contributed by atoms with E-state index in [-0.39, 0.29) is 11.8 Å².